The van der Waals surface area contributed by atoms with Gasteiger partial charge in [0.15, 0.2) is 0 Å². The van der Waals surface area contributed by atoms with Gasteiger partial charge in [-0.15, -0.1) is 0 Å². The molecule has 80 valence electrons. The number of anilines is 1. The van der Waals surface area contributed by atoms with E-state index in [1.54, 1.807) is 12.1 Å². The van der Waals surface area contributed by atoms with Crippen LogP contribution in [0.4, 0.5) is 5.69 Å². The van der Waals surface area contributed by atoms with E-state index < -0.39 is 6.10 Å². The van der Waals surface area contributed by atoms with Crippen molar-refractivity contribution in [2.45, 2.75) is 12.5 Å². The minimum absolute atomic E-state index is 0.0949. The van der Waals surface area contributed by atoms with Crippen LogP contribution in [0.2, 0.25) is 5.02 Å². The lowest BCUT2D eigenvalue weighted by atomic mass is 10.3. The standard InChI is InChI=1S/C10H9BrClNO2/c11-6-1-2-8(12)9(3-6)13-5-7(14)4-10(13)15/h1-3,7,14H,4-5H2. The smallest absolute Gasteiger partial charge is 0.229 e. The molecule has 15 heavy (non-hydrogen) atoms. The van der Waals surface area contributed by atoms with Crippen LogP contribution in [0.25, 0.3) is 0 Å². The molecule has 1 heterocycles. The van der Waals surface area contributed by atoms with E-state index in [1.807, 2.05) is 6.07 Å². The van der Waals surface area contributed by atoms with E-state index in [9.17, 15) is 9.90 Å². The first kappa shape index (κ1) is 10.9. The number of hydrogen-bond donors (Lipinski definition) is 1. The lowest BCUT2D eigenvalue weighted by molar-refractivity contribution is -0.117. The van der Waals surface area contributed by atoms with E-state index >= 15 is 0 Å². The lowest BCUT2D eigenvalue weighted by Gasteiger charge is -2.17. The summed E-state index contributed by atoms with van der Waals surface area (Å²) in [4.78, 5) is 13.1. The number of β-amino-alcohol motifs (C(OH)–C–C–N with tert-alkyl or cyclic N) is 1. The fourth-order valence-corrected chi connectivity index (χ4v) is 2.18. The maximum atomic E-state index is 11.5. The third kappa shape index (κ3) is 2.17. The minimum Gasteiger partial charge on any atom is -0.391 e. The summed E-state index contributed by atoms with van der Waals surface area (Å²) in [5.41, 5.74) is 0.646. The quantitative estimate of drug-likeness (QED) is 0.861. The molecule has 0 bridgehead atoms. The number of nitrogens with zero attached hydrogens (tertiary/aromatic N) is 1. The highest BCUT2D eigenvalue weighted by atomic mass is 79.9. The summed E-state index contributed by atoms with van der Waals surface area (Å²) < 4.78 is 0.857. The van der Waals surface area contributed by atoms with Gasteiger partial charge in [-0.2, -0.15) is 0 Å². The molecule has 1 aliphatic rings. The molecule has 1 unspecified atom stereocenters. The van der Waals surface area contributed by atoms with Crippen molar-refractivity contribution < 1.29 is 9.90 Å². The zero-order chi connectivity index (χ0) is 11.0. The number of hydrogen-bond acceptors (Lipinski definition) is 2. The highest BCUT2D eigenvalue weighted by molar-refractivity contribution is 9.10. The van der Waals surface area contributed by atoms with Gasteiger partial charge in [0.1, 0.15) is 0 Å². The van der Waals surface area contributed by atoms with Crippen molar-refractivity contribution >= 4 is 39.1 Å². The molecule has 5 heteroatoms. The second-order valence-corrected chi connectivity index (χ2v) is 4.78. The number of amides is 1. The number of aliphatic hydroxyl groups excluding tert-OH is 1. The number of benzene rings is 1. The van der Waals surface area contributed by atoms with Crippen LogP contribution in [0.1, 0.15) is 6.42 Å². The van der Waals surface area contributed by atoms with E-state index in [0.29, 0.717) is 17.3 Å². The first-order valence-corrected chi connectivity index (χ1v) is 5.68. The van der Waals surface area contributed by atoms with Gasteiger partial charge in [-0.05, 0) is 18.2 Å². The van der Waals surface area contributed by atoms with Crippen molar-refractivity contribution in [2.24, 2.45) is 0 Å². The zero-order valence-electron chi connectivity index (χ0n) is 7.78. The van der Waals surface area contributed by atoms with Crippen LogP contribution < -0.4 is 4.90 Å². The molecule has 0 aromatic heterocycles. The number of halogens is 2. The Hall–Kier alpha value is -0.580. The fraction of sp³-hybridized carbons (Fsp3) is 0.300. The molecule has 0 radical (unpaired) electrons. The number of rotatable bonds is 1. The van der Waals surface area contributed by atoms with Gasteiger partial charge in [0.2, 0.25) is 5.91 Å². The average Bonchev–Trinajstić information content (AvgIpc) is 2.50. The molecule has 1 aromatic carbocycles. The van der Waals surface area contributed by atoms with Crippen molar-refractivity contribution in [1.29, 1.82) is 0 Å². The van der Waals surface area contributed by atoms with Crippen molar-refractivity contribution in [3.63, 3.8) is 0 Å². The largest absolute Gasteiger partial charge is 0.391 e. The summed E-state index contributed by atoms with van der Waals surface area (Å²) in [5.74, 6) is -0.0949. The maximum Gasteiger partial charge on any atom is 0.229 e. The molecule has 1 amide bonds. The topological polar surface area (TPSA) is 40.5 Å². The number of carbonyl (C=O) groups excluding carboxylic acids is 1. The van der Waals surface area contributed by atoms with E-state index in [-0.39, 0.29) is 12.3 Å². The Morgan fingerprint density at radius 2 is 2.27 bits per heavy atom. The lowest BCUT2D eigenvalue weighted by Crippen LogP contribution is -2.25. The molecule has 1 atom stereocenters. The first-order valence-electron chi connectivity index (χ1n) is 4.51. The van der Waals surface area contributed by atoms with Gasteiger partial charge in [0.05, 0.1) is 29.8 Å². The van der Waals surface area contributed by atoms with Crippen LogP contribution in [0.5, 0.6) is 0 Å². The molecule has 1 aromatic rings. The summed E-state index contributed by atoms with van der Waals surface area (Å²) in [5, 5.41) is 9.89. The third-order valence-electron chi connectivity index (χ3n) is 2.30. The molecule has 2 rings (SSSR count). The molecular formula is C10H9BrClNO2. The van der Waals surface area contributed by atoms with E-state index in [4.69, 9.17) is 11.6 Å². The molecule has 0 aliphatic carbocycles. The van der Waals surface area contributed by atoms with Crippen LogP contribution >= 0.6 is 27.5 Å². The molecule has 1 saturated heterocycles. The SMILES string of the molecule is O=C1CC(O)CN1c1cc(Br)ccc1Cl. The molecule has 3 nitrogen and oxygen atoms in total. The Balaban J connectivity index is 2.37. The first-order chi connectivity index (χ1) is 7.08. The van der Waals surface area contributed by atoms with Crippen molar-refractivity contribution in [3.8, 4) is 0 Å². The zero-order valence-corrected chi connectivity index (χ0v) is 10.1. The summed E-state index contributed by atoms with van der Waals surface area (Å²) in [7, 11) is 0. The molecule has 1 N–H and O–H groups in total. The van der Waals surface area contributed by atoms with Gasteiger partial charge < -0.3 is 10.0 Å². The highest BCUT2D eigenvalue weighted by Crippen LogP contribution is 2.31. The van der Waals surface area contributed by atoms with Crippen LogP contribution in [0.3, 0.4) is 0 Å². The van der Waals surface area contributed by atoms with E-state index in [0.717, 1.165) is 4.47 Å². The second kappa shape index (κ2) is 4.12. The average molecular weight is 291 g/mol. The Labute approximate surface area is 101 Å². The van der Waals surface area contributed by atoms with Crippen LogP contribution in [0.15, 0.2) is 22.7 Å². The van der Waals surface area contributed by atoms with E-state index in [1.165, 1.54) is 4.90 Å². The summed E-state index contributed by atoms with van der Waals surface area (Å²) >= 11 is 9.31. The van der Waals surface area contributed by atoms with Gasteiger partial charge in [-0.25, -0.2) is 0 Å². The molecular weight excluding hydrogens is 281 g/mol. The molecule has 0 spiro atoms. The number of aliphatic hydroxyl groups is 1. The Kier molecular flexibility index (Phi) is 3.00. The normalized spacial score (nSPS) is 21.1. The summed E-state index contributed by atoms with van der Waals surface area (Å²) in [6, 6.07) is 5.31. The fourth-order valence-electron chi connectivity index (χ4n) is 1.61. The monoisotopic (exact) mass is 289 g/mol. The van der Waals surface area contributed by atoms with Gasteiger partial charge in [-0.1, -0.05) is 27.5 Å². The van der Waals surface area contributed by atoms with Gasteiger partial charge in [-0.3, -0.25) is 4.79 Å². The third-order valence-corrected chi connectivity index (χ3v) is 3.12. The van der Waals surface area contributed by atoms with Gasteiger partial charge in [0, 0.05) is 4.47 Å². The summed E-state index contributed by atoms with van der Waals surface area (Å²) in [6.07, 6.45) is -0.421. The highest BCUT2D eigenvalue weighted by Gasteiger charge is 2.30. The predicted octanol–water partition coefficient (Wildman–Crippen LogP) is 2.20. The van der Waals surface area contributed by atoms with Crippen molar-refractivity contribution in [2.75, 3.05) is 11.4 Å². The molecule has 1 fully saturated rings. The van der Waals surface area contributed by atoms with Crippen LogP contribution in [-0.4, -0.2) is 23.7 Å². The van der Waals surface area contributed by atoms with Crippen LogP contribution in [0, 0.1) is 0 Å². The Morgan fingerprint density at radius 3 is 2.87 bits per heavy atom. The van der Waals surface area contributed by atoms with Crippen molar-refractivity contribution in [1.82, 2.24) is 0 Å². The minimum atomic E-state index is -0.590. The summed E-state index contributed by atoms with van der Waals surface area (Å²) in [6.45, 7) is 0.314. The number of carbonyl (C=O) groups is 1. The Bertz CT molecular complexity index is 410. The van der Waals surface area contributed by atoms with E-state index in [2.05, 4.69) is 15.9 Å². The Morgan fingerprint density at radius 1 is 1.53 bits per heavy atom. The van der Waals surface area contributed by atoms with Gasteiger partial charge in [0.25, 0.3) is 0 Å². The van der Waals surface area contributed by atoms with Gasteiger partial charge >= 0.3 is 0 Å². The second-order valence-electron chi connectivity index (χ2n) is 3.46. The maximum absolute atomic E-state index is 11.5. The van der Waals surface area contributed by atoms with Crippen molar-refractivity contribution in [3.05, 3.63) is 27.7 Å². The van der Waals surface area contributed by atoms with Crippen LogP contribution in [-0.2, 0) is 4.79 Å². The predicted molar refractivity (Wildman–Crippen MR) is 62.1 cm³/mol. The molecule has 1 aliphatic heterocycles. The molecule has 0 saturated carbocycles.